The average molecular weight is 263 g/mol. The van der Waals surface area contributed by atoms with Crippen molar-refractivity contribution in [1.29, 1.82) is 0 Å². The summed E-state index contributed by atoms with van der Waals surface area (Å²) in [7, 11) is 1.63. The molecule has 0 saturated carbocycles. The van der Waals surface area contributed by atoms with Gasteiger partial charge >= 0.3 is 0 Å². The zero-order chi connectivity index (χ0) is 13.0. The Morgan fingerprint density at radius 3 is 2.83 bits per heavy atom. The number of ether oxygens (including phenoxy) is 1. The largest absolute Gasteiger partial charge is 0.497 e. The lowest BCUT2D eigenvalue weighted by molar-refractivity contribution is 0.415. The molecule has 0 unspecified atom stereocenters. The Balaban J connectivity index is 2.10. The quantitative estimate of drug-likeness (QED) is 0.913. The van der Waals surface area contributed by atoms with Gasteiger partial charge in [0.05, 0.1) is 30.1 Å². The van der Waals surface area contributed by atoms with Crippen molar-refractivity contribution in [2.45, 2.75) is 13.5 Å². The van der Waals surface area contributed by atoms with Crippen molar-refractivity contribution in [3.05, 3.63) is 52.8 Å². The van der Waals surface area contributed by atoms with E-state index < -0.39 is 0 Å². The van der Waals surface area contributed by atoms with Gasteiger partial charge in [-0.3, -0.25) is 4.98 Å². The number of anilines is 1. The third-order valence-electron chi connectivity index (χ3n) is 2.58. The van der Waals surface area contributed by atoms with Gasteiger partial charge in [0.1, 0.15) is 5.75 Å². The Bertz CT molecular complexity index is 543. The molecule has 2 rings (SSSR count). The van der Waals surface area contributed by atoms with Gasteiger partial charge in [0.25, 0.3) is 0 Å². The van der Waals surface area contributed by atoms with Crippen LogP contribution in [-0.4, -0.2) is 12.1 Å². The van der Waals surface area contributed by atoms with Crippen LogP contribution in [0.15, 0.2) is 36.4 Å². The third kappa shape index (κ3) is 3.14. The minimum Gasteiger partial charge on any atom is -0.497 e. The fraction of sp³-hybridized carbons (Fsp3) is 0.214. The molecule has 0 aliphatic heterocycles. The molecule has 4 heteroatoms. The number of pyridine rings is 1. The van der Waals surface area contributed by atoms with Crippen molar-refractivity contribution in [3.8, 4) is 5.75 Å². The van der Waals surface area contributed by atoms with Crippen LogP contribution in [0.3, 0.4) is 0 Å². The number of aromatic nitrogens is 1. The summed E-state index contributed by atoms with van der Waals surface area (Å²) in [6.45, 7) is 2.61. The number of hydrogen-bond acceptors (Lipinski definition) is 3. The number of aryl methyl sites for hydroxylation is 1. The molecular formula is C14H15ClN2O. The molecule has 1 aromatic carbocycles. The highest BCUT2D eigenvalue weighted by Gasteiger charge is 2.02. The topological polar surface area (TPSA) is 34.1 Å². The molecule has 0 fully saturated rings. The van der Waals surface area contributed by atoms with Crippen molar-refractivity contribution in [3.63, 3.8) is 0 Å². The molecule has 1 heterocycles. The van der Waals surface area contributed by atoms with Crippen LogP contribution in [0, 0.1) is 6.92 Å². The second-order valence-corrected chi connectivity index (χ2v) is 4.38. The van der Waals surface area contributed by atoms with Crippen LogP contribution in [0.1, 0.15) is 11.4 Å². The average Bonchev–Trinajstić information content (AvgIpc) is 2.38. The van der Waals surface area contributed by atoms with Crippen molar-refractivity contribution < 1.29 is 4.74 Å². The zero-order valence-corrected chi connectivity index (χ0v) is 11.2. The number of hydrogen-bond donors (Lipinski definition) is 1. The molecule has 0 bridgehead atoms. The first kappa shape index (κ1) is 12.7. The van der Waals surface area contributed by atoms with E-state index in [0.29, 0.717) is 11.6 Å². The fourth-order valence-corrected chi connectivity index (χ4v) is 1.83. The molecule has 18 heavy (non-hydrogen) atoms. The van der Waals surface area contributed by atoms with Crippen LogP contribution in [0.2, 0.25) is 5.02 Å². The molecule has 0 spiro atoms. The molecule has 94 valence electrons. The van der Waals surface area contributed by atoms with Crippen LogP contribution < -0.4 is 10.1 Å². The molecule has 0 aliphatic rings. The minimum atomic E-state index is 0.633. The standard InChI is InChI=1S/C14H15ClN2O/c1-10-4-3-5-11(17-10)9-16-14-8-12(18-2)6-7-13(14)15/h3-8,16H,9H2,1-2H3. The molecule has 0 atom stereocenters. The summed E-state index contributed by atoms with van der Waals surface area (Å²) in [5.41, 5.74) is 2.83. The lowest BCUT2D eigenvalue weighted by Gasteiger charge is -2.10. The van der Waals surface area contributed by atoms with E-state index in [-0.39, 0.29) is 0 Å². The van der Waals surface area contributed by atoms with E-state index in [2.05, 4.69) is 10.3 Å². The summed E-state index contributed by atoms with van der Waals surface area (Å²) < 4.78 is 5.17. The lowest BCUT2D eigenvalue weighted by atomic mass is 10.2. The Morgan fingerprint density at radius 1 is 1.28 bits per heavy atom. The molecule has 0 saturated heterocycles. The first-order valence-corrected chi connectivity index (χ1v) is 6.07. The van der Waals surface area contributed by atoms with Crippen molar-refractivity contribution >= 4 is 17.3 Å². The highest BCUT2D eigenvalue weighted by atomic mass is 35.5. The lowest BCUT2D eigenvalue weighted by Crippen LogP contribution is -2.02. The summed E-state index contributed by atoms with van der Waals surface area (Å²) >= 11 is 6.11. The van der Waals surface area contributed by atoms with Gasteiger partial charge in [-0.15, -0.1) is 0 Å². The Labute approximate surface area is 112 Å². The van der Waals surface area contributed by atoms with Crippen LogP contribution >= 0.6 is 11.6 Å². The Hall–Kier alpha value is -1.74. The highest BCUT2D eigenvalue weighted by molar-refractivity contribution is 6.33. The normalized spacial score (nSPS) is 10.2. The monoisotopic (exact) mass is 262 g/mol. The summed E-state index contributed by atoms with van der Waals surface area (Å²) in [6, 6.07) is 11.5. The number of halogens is 1. The molecule has 3 nitrogen and oxygen atoms in total. The van der Waals surface area contributed by atoms with Gasteiger partial charge in [-0.05, 0) is 31.2 Å². The van der Waals surface area contributed by atoms with Crippen LogP contribution in [0.25, 0.3) is 0 Å². The summed E-state index contributed by atoms with van der Waals surface area (Å²) in [5.74, 6) is 0.777. The maximum atomic E-state index is 6.11. The second-order valence-electron chi connectivity index (χ2n) is 3.97. The predicted octanol–water partition coefficient (Wildman–Crippen LogP) is 3.66. The van der Waals surface area contributed by atoms with Gasteiger partial charge in [0.15, 0.2) is 0 Å². The maximum absolute atomic E-state index is 6.11. The minimum absolute atomic E-state index is 0.633. The Kier molecular flexibility index (Phi) is 4.05. The van der Waals surface area contributed by atoms with Crippen molar-refractivity contribution in [2.24, 2.45) is 0 Å². The summed E-state index contributed by atoms with van der Waals surface area (Å²) in [5, 5.41) is 3.93. The van der Waals surface area contributed by atoms with E-state index in [9.17, 15) is 0 Å². The first-order chi connectivity index (χ1) is 8.69. The molecule has 0 amide bonds. The number of benzene rings is 1. The molecule has 0 radical (unpaired) electrons. The van der Waals surface area contributed by atoms with Gasteiger partial charge in [-0.2, -0.15) is 0 Å². The SMILES string of the molecule is COc1ccc(Cl)c(NCc2cccc(C)n2)c1. The number of nitrogens with one attached hydrogen (secondary N) is 1. The van der Waals surface area contributed by atoms with Gasteiger partial charge < -0.3 is 10.1 Å². The first-order valence-electron chi connectivity index (χ1n) is 5.69. The number of nitrogens with zero attached hydrogens (tertiary/aromatic N) is 1. The van der Waals surface area contributed by atoms with E-state index in [1.54, 1.807) is 7.11 Å². The molecule has 2 aromatic rings. The molecule has 1 aromatic heterocycles. The van der Waals surface area contributed by atoms with E-state index in [1.165, 1.54) is 0 Å². The van der Waals surface area contributed by atoms with Gasteiger partial charge in [0.2, 0.25) is 0 Å². The van der Waals surface area contributed by atoms with Gasteiger partial charge in [0, 0.05) is 11.8 Å². The predicted molar refractivity (Wildman–Crippen MR) is 74.3 cm³/mol. The number of methoxy groups -OCH3 is 1. The van der Waals surface area contributed by atoms with E-state index in [0.717, 1.165) is 22.8 Å². The van der Waals surface area contributed by atoms with Crippen LogP contribution in [0.5, 0.6) is 5.75 Å². The van der Waals surface area contributed by atoms with Crippen molar-refractivity contribution in [1.82, 2.24) is 4.98 Å². The summed E-state index contributed by atoms with van der Waals surface area (Å²) in [4.78, 5) is 4.42. The number of rotatable bonds is 4. The molecule has 1 N–H and O–H groups in total. The van der Waals surface area contributed by atoms with E-state index in [1.807, 2.05) is 43.3 Å². The van der Waals surface area contributed by atoms with Crippen LogP contribution in [0.4, 0.5) is 5.69 Å². The zero-order valence-electron chi connectivity index (χ0n) is 10.4. The van der Waals surface area contributed by atoms with E-state index in [4.69, 9.17) is 16.3 Å². The third-order valence-corrected chi connectivity index (χ3v) is 2.91. The smallest absolute Gasteiger partial charge is 0.121 e. The highest BCUT2D eigenvalue weighted by Crippen LogP contribution is 2.26. The van der Waals surface area contributed by atoms with E-state index >= 15 is 0 Å². The summed E-state index contributed by atoms with van der Waals surface area (Å²) in [6.07, 6.45) is 0. The van der Waals surface area contributed by atoms with Gasteiger partial charge in [-0.1, -0.05) is 17.7 Å². The van der Waals surface area contributed by atoms with Crippen molar-refractivity contribution in [2.75, 3.05) is 12.4 Å². The second kappa shape index (κ2) is 5.74. The molecule has 0 aliphatic carbocycles. The maximum Gasteiger partial charge on any atom is 0.121 e. The Morgan fingerprint density at radius 2 is 2.11 bits per heavy atom. The van der Waals surface area contributed by atoms with Gasteiger partial charge in [-0.25, -0.2) is 0 Å². The van der Waals surface area contributed by atoms with Crippen LogP contribution in [-0.2, 0) is 6.54 Å². The molecular weight excluding hydrogens is 248 g/mol. The fourth-order valence-electron chi connectivity index (χ4n) is 1.65.